The van der Waals surface area contributed by atoms with Gasteiger partial charge in [0.2, 0.25) is 0 Å². The molecule has 0 aliphatic carbocycles. The molecule has 4 heteroatoms. The minimum Gasteiger partial charge on any atom is -0.493 e. The highest BCUT2D eigenvalue weighted by Crippen LogP contribution is 2.31. The number of nitrogens with zero attached hydrogens (tertiary/aromatic N) is 2. The van der Waals surface area contributed by atoms with Crippen LogP contribution in [0.3, 0.4) is 0 Å². The Labute approximate surface area is 163 Å². The molecule has 1 heterocycles. The average molecular weight is 372 g/mol. The van der Waals surface area contributed by atoms with E-state index in [2.05, 4.69) is 42.2 Å². The molecule has 0 spiro atoms. The maximum Gasteiger partial charge on any atom is 0.128 e. The van der Waals surface area contributed by atoms with Gasteiger partial charge in [-0.05, 0) is 67.9 Å². The van der Waals surface area contributed by atoms with Crippen LogP contribution in [0.15, 0.2) is 71.7 Å². The molecule has 3 nitrogen and oxygen atoms in total. The molecule has 3 aromatic carbocycles. The van der Waals surface area contributed by atoms with Crippen LogP contribution in [0.25, 0.3) is 20.8 Å². The number of hydrogen-bond acceptors (Lipinski definition) is 4. The number of fused-ring (bicyclic) bond motifs is 1. The largest absolute Gasteiger partial charge is 0.493 e. The van der Waals surface area contributed by atoms with Gasteiger partial charge in [0.25, 0.3) is 0 Å². The summed E-state index contributed by atoms with van der Waals surface area (Å²) in [6.07, 6.45) is 1.85. The number of aryl methyl sites for hydroxylation is 1. The van der Waals surface area contributed by atoms with Crippen molar-refractivity contribution in [3.63, 3.8) is 0 Å². The van der Waals surface area contributed by atoms with Gasteiger partial charge in [-0.3, -0.25) is 4.99 Å². The molecule has 0 aliphatic heterocycles. The molecule has 0 bridgehead atoms. The fourth-order valence-corrected chi connectivity index (χ4v) is 3.93. The summed E-state index contributed by atoms with van der Waals surface area (Å²) in [5.74, 6) is 0.852. The molecule has 1 aromatic heterocycles. The van der Waals surface area contributed by atoms with E-state index in [1.54, 1.807) is 11.3 Å². The maximum atomic E-state index is 5.64. The lowest BCUT2D eigenvalue weighted by molar-refractivity contribution is 0.340. The van der Waals surface area contributed by atoms with E-state index >= 15 is 0 Å². The fraction of sp³-hybridized carbons (Fsp3) is 0.130. The Morgan fingerprint density at radius 1 is 1.04 bits per heavy atom. The minimum atomic E-state index is 0.640. The molecule has 0 atom stereocenters. The average Bonchev–Trinajstić information content (AvgIpc) is 3.11. The van der Waals surface area contributed by atoms with Gasteiger partial charge in [0.05, 0.1) is 22.5 Å². The predicted molar refractivity (Wildman–Crippen MR) is 115 cm³/mol. The first kappa shape index (κ1) is 17.4. The van der Waals surface area contributed by atoms with E-state index in [0.29, 0.717) is 6.61 Å². The predicted octanol–water partition coefficient (Wildman–Crippen LogP) is 6.42. The summed E-state index contributed by atoms with van der Waals surface area (Å²) in [5, 5.41) is 1.04. The Kier molecular flexibility index (Phi) is 4.99. The van der Waals surface area contributed by atoms with Gasteiger partial charge in [-0.2, -0.15) is 0 Å². The van der Waals surface area contributed by atoms with Crippen LogP contribution in [0.2, 0.25) is 0 Å². The van der Waals surface area contributed by atoms with E-state index < -0.39 is 0 Å². The fourth-order valence-electron chi connectivity index (χ4n) is 2.86. The molecule has 27 heavy (non-hydrogen) atoms. The number of ether oxygens (including phenoxy) is 1. The lowest BCUT2D eigenvalue weighted by Crippen LogP contribution is -1.95. The topological polar surface area (TPSA) is 34.5 Å². The van der Waals surface area contributed by atoms with Crippen molar-refractivity contribution in [3.05, 3.63) is 77.9 Å². The number of para-hydroxylation sites is 1. The Bertz CT molecular complexity index is 1100. The monoisotopic (exact) mass is 372 g/mol. The summed E-state index contributed by atoms with van der Waals surface area (Å²) in [4.78, 5) is 9.33. The summed E-state index contributed by atoms with van der Waals surface area (Å²) in [7, 11) is 0. The second-order valence-electron chi connectivity index (χ2n) is 6.27. The van der Waals surface area contributed by atoms with Crippen molar-refractivity contribution in [3.8, 4) is 16.3 Å². The summed E-state index contributed by atoms with van der Waals surface area (Å²) >= 11 is 1.72. The van der Waals surface area contributed by atoms with Gasteiger partial charge >= 0.3 is 0 Å². The van der Waals surface area contributed by atoms with E-state index in [9.17, 15) is 0 Å². The molecule has 4 aromatic rings. The standard InChI is InChI=1S/C23H20N2OS/c1-3-26-21-7-5-4-6-18(21)15-24-19-11-9-17(10-12-19)23-25-20-13-8-16(2)14-22(20)27-23/h4-15H,3H2,1-2H3. The number of aromatic nitrogens is 1. The van der Waals surface area contributed by atoms with Crippen LogP contribution in [0.4, 0.5) is 5.69 Å². The molecule has 0 aliphatic rings. The van der Waals surface area contributed by atoms with E-state index in [1.807, 2.05) is 49.5 Å². The van der Waals surface area contributed by atoms with E-state index in [0.717, 1.165) is 33.1 Å². The third kappa shape index (κ3) is 3.91. The van der Waals surface area contributed by atoms with Crippen molar-refractivity contribution in [2.45, 2.75) is 13.8 Å². The zero-order chi connectivity index (χ0) is 18.6. The highest BCUT2D eigenvalue weighted by atomic mass is 32.1. The van der Waals surface area contributed by atoms with E-state index in [-0.39, 0.29) is 0 Å². The molecule has 4 rings (SSSR count). The Morgan fingerprint density at radius 2 is 1.85 bits per heavy atom. The van der Waals surface area contributed by atoms with Crippen LogP contribution >= 0.6 is 11.3 Å². The van der Waals surface area contributed by atoms with Gasteiger partial charge in [0, 0.05) is 17.3 Å². The molecule has 0 amide bonds. The molecule has 0 radical (unpaired) electrons. The molecule has 0 fully saturated rings. The summed E-state index contributed by atoms with van der Waals surface area (Å²) in [6.45, 7) is 4.73. The minimum absolute atomic E-state index is 0.640. The first-order valence-electron chi connectivity index (χ1n) is 8.96. The maximum absolute atomic E-state index is 5.64. The Balaban J connectivity index is 1.57. The lowest BCUT2D eigenvalue weighted by atomic mass is 10.2. The Morgan fingerprint density at radius 3 is 2.67 bits per heavy atom. The third-order valence-corrected chi connectivity index (χ3v) is 5.30. The number of benzene rings is 3. The van der Waals surface area contributed by atoms with Crippen LogP contribution in [-0.2, 0) is 0 Å². The molecular weight excluding hydrogens is 352 g/mol. The van der Waals surface area contributed by atoms with E-state index in [4.69, 9.17) is 9.72 Å². The van der Waals surface area contributed by atoms with Crippen molar-refractivity contribution in [1.82, 2.24) is 4.98 Å². The summed E-state index contributed by atoms with van der Waals surface area (Å²) in [5.41, 5.74) is 5.31. The molecule has 134 valence electrons. The lowest BCUT2D eigenvalue weighted by Gasteiger charge is -2.05. The second kappa shape index (κ2) is 7.72. The molecule has 0 saturated heterocycles. The van der Waals surface area contributed by atoms with Gasteiger partial charge in [0.1, 0.15) is 10.8 Å². The zero-order valence-electron chi connectivity index (χ0n) is 15.3. The number of thiazole rings is 1. The number of rotatable bonds is 5. The van der Waals surface area contributed by atoms with Crippen LogP contribution in [-0.4, -0.2) is 17.8 Å². The van der Waals surface area contributed by atoms with Crippen LogP contribution < -0.4 is 4.74 Å². The molecular formula is C23H20N2OS. The highest BCUT2D eigenvalue weighted by molar-refractivity contribution is 7.21. The normalized spacial score (nSPS) is 11.3. The second-order valence-corrected chi connectivity index (χ2v) is 7.30. The van der Waals surface area contributed by atoms with Crippen molar-refractivity contribution >= 4 is 33.5 Å². The van der Waals surface area contributed by atoms with Crippen molar-refractivity contribution in [2.75, 3.05) is 6.61 Å². The van der Waals surface area contributed by atoms with Crippen molar-refractivity contribution < 1.29 is 4.74 Å². The van der Waals surface area contributed by atoms with Gasteiger partial charge in [-0.25, -0.2) is 4.98 Å². The Hall–Kier alpha value is -2.98. The van der Waals surface area contributed by atoms with Gasteiger partial charge in [-0.1, -0.05) is 18.2 Å². The van der Waals surface area contributed by atoms with Crippen molar-refractivity contribution in [1.29, 1.82) is 0 Å². The van der Waals surface area contributed by atoms with Crippen LogP contribution in [0.5, 0.6) is 5.75 Å². The van der Waals surface area contributed by atoms with E-state index in [1.165, 1.54) is 10.3 Å². The van der Waals surface area contributed by atoms with Crippen LogP contribution in [0, 0.1) is 6.92 Å². The molecule has 0 N–H and O–H groups in total. The van der Waals surface area contributed by atoms with Gasteiger partial charge in [-0.15, -0.1) is 11.3 Å². The SMILES string of the molecule is CCOc1ccccc1C=Nc1ccc(-c2nc3ccc(C)cc3s2)cc1. The summed E-state index contributed by atoms with van der Waals surface area (Å²) in [6, 6.07) is 22.5. The highest BCUT2D eigenvalue weighted by Gasteiger charge is 2.06. The smallest absolute Gasteiger partial charge is 0.128 e. The number of aliphatic imine (C=N–C) groups is 1. The summed E-state index contributed by atoms with van der Waals surface area (Å²) < 4.78 is 6.86. The van der Waals surface area contributed by atoms with Crippen LogP contribution in [0.1, 0.15) is 18.1 Å². The molecule has 0 saturated carbocycles. The first-order chi connectivity index (χ1) is 13.2. The zero-order valence-corrected chi connectivity index (χ0v) is 16.2. The number of hydrogen-bond donors (Lipinski definition) is 0. The van der Waals surface area contributed by atoms with Gasteiger partial charge in [0.15, 0.2) is 0 Å². The third-order valence-electron chi connectivity index (χ3n) is 4.23. The molecule has 0 unspecified atom stereocenters. The quantitative estimate of drug-likeness (QED) is 0.379. The van der Waals surface area contributed by atoms with Crippen molar-refractivity contribution in [2.24, 2.45) is 4.99 Å². The first-order valence-corrected chi connectivity index (χ1v) is 9.78. The van der Waals surface area contributed by atoms with Gasteiger partial charge < -0.3 is 4.74 Å².